The monoisotopic (exact) mass is 405 g/mol. The number of anilines is 1. The zero-order valence-corrected chi connectivity index (χ0v) is 15.7. The quantitative estimate of drug-likeness (QED) is 0.799. The van der Waals surface area contributed by atoms with Crippen LogP contribution in [0, 0.1) is 11.6 Å². The van der Waals surface area contributed by atoms with Crippen LogP contribution >= 0.6 is 35.5 Å². The summed E-state index contributed by atoms with van der Waals surface area (Å²) in [7, 11) is 0. The smallest absolute Gasteiger partial charge is 0.227 e. The molecule has 1 unspecified atom stereocenters. The number of thiazole rings is 1. The molecule has 25 heavy (non-hydrogen) atoms. The number of nitrogens with one attached hydrogen (secondary N) is 2. The Morgan fingerprint density at radius 3 is 2.96 bits per heavy atom. The van der Waals surface area contributed by atoms with Crippen LogP contribution in [0.1, 0.15) is 16.9 Å². The number of thioether (sulfide) groups is 1. The molecule has 3 rings (SSSR count). The van der Waals surface area contributed by atoms with Crippen LogP contribution < -0.4 is 10.6 Å². The van der Waals surface area contributed by atoms with Gasteiger partial charge in [-0.15, -0.1) is 23.7 Å². The fraction of sp³-hybridized carbons (Fsp3) is 0.375. The van der Waals surface area contributed by atoms with Crippen molar-refractivity contribution in [3.63, 3.8) is 0 Å². The predicted octanol–water partition coefficient (Wildman–Crippen LogP) is 3.47. The molecular formula is C16H18ClF2N3OS2. The first kappa shape index (κ1) is 20.1. The van der Waals surface area contributed by atoms with Gasteiger partial charge in [0.25, 0.3) is 0 Å². The largest absolute Gasteiger partial charge is 0.312 e. The van der Waals surface area contributed by atoms with Crippen molar-refractivity contribution in [3.8, 4) is 0 Å². The van der Waals surface area contributed by atoms with E-state index in [1.807, 2.05) is 11.8 Å². The highest BCUT2D eigenvalue weighted by atomic mass is 35.5. The maximum atomic E-state index is 13.7. The minimum Gasteiger partial charge on any atom is -0.312 e. The summed E-state index contributed by atoms with van der Waals surface area (Å²) >= 11 is 3.14. The molecule has 0 aliphatic carbocycles. The molecule has 2 heterocycles. The van der Waals surface area contributed by atoms with E-state index >= 15 is 0 Å². The third kappa shape index (κ3) is 5.91. The van der Waals surface area contributed by atoms with Crippen molar-refractivity contribution in [1.82, 2.24) is 10.3 Å². The minimum absolute atomic E-state index is 0. The van der Waals surface area contributed by atoms with Crippen molar-refractivity contribution in [3.05, 3.63) is 46.5 Å². The first-order valence-corrected chi connectivity index (χ1v) is 9.57. The van der Waals surface area contributed by atoms with Crippen molar-refractivity contribution in [2.75, 3.05) is 23.4 Å². The molecule has 1 atom stereocenters. The lowest BCUT2D eigenvalue weighted by atomic mass is 10.1. The number of carbonyl (C=O) groups is 1. The Kier molecular flexibility index (Phi) is 7.61. The number of rotatable bonds is 5. The lowest BCUT2D eigenvalue weighted by Crippen LogP contribution is -2.39. The van der Waals surface area contributed by atoms with Gasteiger partial charge in [-0.25, -0.2) is 13.8 Å². The average molecular weight is 406 g/mol. The van der Waals surface area contributed by atoms with Gasteiger partial charge in [-0.1, -0.05) is 6.07 Å². The van der Waals surface area contributed by atoms with Crippen LogP contribution in [0.2, 0.25) is 0 Å². The van der Waals surface area contributed by atoms with Gasteiger partial charge in [-0.3, -0.25) is 4.79 Å². The summed E-state index contributed by atoms with van der Waals surface area (Å²) in [5.41, 5.74) is 0.404. The average Bonchev–Trinajstić information content (AvgIpc) is 2.98. The lowest BCUT2D eigenvalue weighted by molar-refractivity contribution is -0.116. The third-order valence-electron chi connectivity index (χ3n) is 3.61. The number of hydrogen-bond donors (Lipinski definition) is 2. The molecule has 0 saturated carbocycles. The maximum Gasteiger partial charge on any atom is 0.227 e. The molecule has 1 amide bonds. The van der Waals surface area contributed by atoms with Gasteiger partial charge < -0.3 is 10.6 Å². The van der Waals surface area contributed by atoms with Crippen LogP contribution in [0.5, 0.6) is 0 Å². The van der Waals surface area contributed by atoms with Crippen LogP contribution in [-0.4, -0.2) is 35.0 Å². The zero-order chi connectivity index (χ0) is 16.9. The predicted molar refractivity (Wildman–Crippen MR) is 101 cm³/mol. The Balaban J connectivity index is 0.00000225. The van der Waals surface area contributed by atoms with Crippen molar-refractivity contribution in [2.24, 2.45) is 0 Å². The second-order valence-electron chi connectivity index (χ2n) is 5.52. The van der Waals surface area contributed by atoms with Crippen LogP contribution in [0.15, 0.2) is 24.4 Å². The molecule has 2 aromatic rings. The summed E-state index contributed by atoms with van der Waals surface area (Å²) in [5.74, 6) is 0.760. The first-order chi connectivity index (χ1) is 11.6. The van der Waals surface area contributed by atoms with Crippen molar-refractivity contribution in [2.45, 2.75) is 18.9 Å². The standard InChI is InChI=1S/C16H17F2N3OS2.ClH/c17-11-2-1-10(14(18)6-11)5-13-8-20-16(24-13)21-15(22)7-12-9-23-4-3-19-12;/h1-2,6,8,12,19H,3-5,7,9H2,(H,20,21,22);1H. The number of aromatic nitrogens is 1. The van der Waals surface area contributed by atoms with E-state index < -0.39 is 11.6 Å². The number of amides is 1. The fourth-order valence-electron chi connectivity index (χ4n) is 2.44. The Morgan fingerprint density at radius 1 is 1.40 bits per heavy atom. The molecule has 1 aliphatic heterocycles. The number of nitrogens with zero attached hydrogens (tertiary/aromatic N) is 1. The van der Waals surface area contributed by atoms with Gasteiger partial charge in [0.2, 0.25) is 5.91 Å². The van der Waals surface area contributed by atoms with E-state index in [1.54, 1.807) is 6.20 Å². The van der Waals surface area contributed by atoms with Crippen LogP contribution in [-0.2, 0) is 11.2 Å². The molecule has 0 bridgehead atoms. The molecule has 1 aromatic heterocycles. The van der Waals surface area contributed by atoms with E-state index in [4.69, 9.17) is 0 Å². The van der Waals surface area contributed by atoms with E-state index in [0.717, 1.165) is 29.0 Å². The van der Waals surface area contributed by atoms with Crippen molar-refractivity contribution < 1.29 is 13.6 Å². The summed E-state index contributed by atoms with van der Waals surface area (Å²) in [6, 6.07) is 3.72. The second kappa shape index (κ2) is 9.47. The van der Waals surface area contributed by atoms with E-state index in [-0.39, 0.29) is 24.4 Å². The van der Waals surface area contributed by atoms with Crippen LogP contribution in [0.3, 0.4) is 0 Å². The molecule has 1 fully saturated rings. The first-order valence-electron chi connectivity index (χ1n) is 7.60. The van der Waals surface area contributed by atoms with Crippen molar-refractivity contribution in [1.29, 1.82) is 0 Å². The van der Waals surface area contributed by atoms with Gasteiger partial charge >= 0.3 is 0 Å². The topological polar surface area (TPSA) is 54.0 Å². The molecule has 2 N–H and O–H groups in total. The fourth-order valence-corrected chi connectivity index (χ4v) is 4.25. The Hall–Kier alpha value is -1.22. The number of carbonyl (C=O) groups excluding carboxylic acids is 1. The van der Waals surface area contributed by atoms with Gasteiger partial charge in [0, 0.05) is 54.1 Å². The molecule has 0 spiro atoms. The summed E-state index contributed by atoms with van der Waals surface area (Å²) in [6.45, 7) is 0.924. The molecular weight excluding hydrogens is 388 g/mol. The van der Waals surface area contributed by atoms with Gasteiger partial charge in [0.05, 0.1) is 0 Å². The zero-order valence-electron chi connectivity index (χ0n) is 13.3. The summed E-state index contributed by atoms with van der Waals surface area (Å²) in [5, 5.41) is 6.60. The molecule has 9 heteroatoms. The molecule has 1 aliphatic rings. The molecule has 1 saturated heterocycles. The lowest BCUT2D eigenvalue weighted by Gasteiger charge is -2.22. The normalized spacial score (nSPS) is 17.0. The molecule has 136 valence electrons. The van der Waals surface area contributed by atoms with Gasteiger partial charge in [-0.2, -0.15) is 11.8 Å². The van der Waals surface area contributed by atoms with Crippen molar-refractivity contribution >= 4 is 46.5 Å². The SMILES string of the molecule is Cl.O=C(CC1CSCCN1)Nc1ncc(Cc2ccc(F)cc2F)s1. The highest BCUT2D eigenvalue weighted by Gasteiger charge is 2.17. The van der Waals surface area contributed by atoms with Gasteiger partial charge in [0.1, 0.15) is 11.6 Å². The highest BCUT2D eigenvalue weighted by Crippen LogP contribution is 2.23. The molecule has 1 aromatic carbocycles. The second-order valence-corrected chi connectivity index (χ2v) is 7.79. The number of halogens is 3. The summed E-state index contributed by atoms with van der Waals surface area (Å²) in [4.78, 5) is 17.0. The third-order valence-corrected chi connectivity index (χ3v) is 5.65. The molecule has 4 nitrogen and oxygen atoms in total. The number of benzene rings is 1. The van der Waals surface area contributed by atoms with E-state index in [9.17, 15) is 13.6 Å². The Bertz CT molecular complexity index is 723. The number of hydrogen-bond acceptors (Lipinski definition) is 5. The summed E-state index contributed by atoms with van der Waals surface area (Å²) in [6.07, 6.45) is 2.34. The van der Waals surface area contributed by atoms with Gasteiger partial charge in [0.15, 0.2) is 5.13 Å². The minimum atomic E-state index is -0.594. The maximum absolute atomic E-state index is 13.7. The Labute approximate surface area is 159 Å². The molecule has 0 radical (unpaired) electrons. The Morgan fingerprint density at radius 2 is 2.24 bits per heavy atom. The summed E-state index contributed by atoms with van der Waals surface area (Å²) < 4.78 is 26.6. The van der Waals surface area contributed by atoms with E-state index in [1.165, 1.54) is 23.5 Å². The van der Waals surface area contributed by atoms with Crippen LogP contribution in [0.25, 0.3) is 0 Å². The highest BCUT2D eigenvalue weighted by molar-refractivity contribution is 7.99. The van der Waals surface area contributed by atoms with Crippen LogP contribution in [0.4, 0.5) is 13.9 Å². The van der Waals surface area contributed by atoms with E-state index in [2.05, 4.69) is 15.6 Å². The van der Waals surface area contributed by atoms with E-state index in [0.29, 0.717) is 23.5 Å². The van der Waals surface area contributed by atoms with Gasteiger partial charge in [-0.05, 0) is 11.6 Å².